The number of hydrogen-bond donors (Lipinski definition) is 2. The lowest BCUT2D eigenvalue weighted by Crippen LogP contribution is -2.40. The van der Waals surface area contributed by atoms with Gasteiger partial charge in [0.05, 0.1) is 11.5 Å². The molecule has 22 heavy (non-hydrogen) atoms. The molecule has 0 amide bonds. The number of nitrogens with zero attached hydrogens (tertiary/aromatic N) is 2. The normalized spacial score (nSPS) is 12.9. The highest BCUT2D eigenvalue weighted by molar-refractivity contribution is 5.78. The molecule has 1 atom stereocenters. The fourth-order valence-corrected chi connectivity index (χ4v) is 2.01. The summed E-state index contributed by atoms with van der Waals surface area (Å²) < 4.78 is 5.00. The highest BCUT2D eigenvalue weighted by atomic mass is 16.6. The Balaban J connectivity index is 2.23. The Morgan fingerprint density at radius 2 is 2.09 bits per heavy atom. The molecule has 1 unspecified atom stereocenters. The number of rotatable bonds is 9. The molecule has 3 N–H and O–H groups in total. The van der Waals surface area contributed by atoms with Crippen LogP contribution in [0.1, 0.15) is 25.3 Å². The number of nitro groups is 1. The van der Waals surface area contributed by atoms with Gasteiger partial charge in [0.1, 0.15) is 0 Å². The molecule has 0 fully saturated rings. The molecule has 1 aromatic rings. The van der Waals surface area contributed by atoms with Gasteiger partial charge >= 0.3 is 0 Å². The molecule has 1 rings (SSSR count). The van der Waals surface area contributed by atoms with Gasteiger partial charge in [0.25, 0.3) is 5.69 Å². The molecule has 0 aromatic heterocycles. The average molecular weight is 308 g/mol. The predicted molar refractivity (Wildman–Crippen MR) is 87.0 cm³/mol. The Morgan fingerprint density at radius 3 is 2.68 bits per heavy atom. The first-order valence-electron chi connectivity index (χ1n) is 7.31. The maximum atomic E-state index is 10.6. The van der Waals surface area contributed by atoms with Crippen molar-refractivity contribution in [1.29, 1.82) is 0 Å². The van der Waals surface area contributed by atoms with Gasteiger partial charge < -0.3 is 15.8 Å². The number of nitrogens with two attached hydrogens (primary N) is 1. The van der Waals surface area contributed by atoms with Crippen LogP contribution in [0.15, 0.2) is 29.3 Å². The van der Waals surface area contributed by atoms with Gasteiger partial charge in [0, 0.05) is 31.8 Å². The molecule has 0 aliphatic heterocycles. The van der Waals surface area contributed by atoms with Crippen LogP contribution < -0.4 is 11.1 Å². The third-order valence-corrected chi connectivity index (χ3v) is 3.11. The number of nitrogens with one attached hydrogen (secondary N) is 1. The van der Waals surface area contributed by atoms with Gasteiger partial charge in [-0.25, -0.2) is 0 Å². The van der Waals surface area contributed by atoms with Crippen molar-refractivity contribution in [2.75, 3.05) is 20.3 Å². The summed E-state index contributed by atoms with van der Waals surface area (Å²) in [6, 6.07) is 6.79. The first-order chi connectivity index (χ1) is 10.5. The number of guanidine groups is 1. The van der Waals surface area contributed by atoms with Crippen LogP contribution in [0.2, 0.25) is 0 Å². The summed E-state index contributed by atoms with van der Waals surface area (Å²) in [5.41, 5.74) is 6.98. The van der Waals surface area contributed by atoms with Gasteiger partial charge in [-0.05, 0) is 31.7 Å². The third kappa shape index (κ3) is 7.03. The molecule has 0 radical (unpaired) electrons. The molecule has 0 heterocycles. The van der Waals surface area contributed by atoms with E-state index in [1.807, 2.05) is 6.92 Å². The van der Waals surface area contributed by atoms with E-state index in [1.165, 1.54) is 12.1 Å². The molecule has 7 nitrogen and oxygen atoms in total. The monoisotopic (exact) mass is 308 g/mol. The van der Waals surface area contributed by atoms with E-state index in [0.717, 1.165) is 24.8 Å². The minimum absolute atomic E-state index is 0.123. The van der Waals surface area contributed by atoms with Crippen molar-refractivity contribution in [3.63, 3.8) is 0 Å². The van der Waals surface area contributed by atoms with Crippen LogP contribution in [0.5, 0.6) is 0 Å². The first-order valence-corrected chi connectivity index (χ1v) is 7.31. The van der Waals surface area contributed by atoms with Crippen molar-refractivity contribution < 1.29 is 9.66 Å². The zero-order valence-corrected chi connectivity index (χ0v) is 13.1. The molecule has 0 aliphatic rings. The van der Waals surface area contributed by atoms with Gasteiger partial charge in [0.2, 0.25) is 0 Å². The van der Waals surface area contributed by atoms with Crippen molar-refractivity contribution in [3.8, 4) is 0 Å². The molecule has 0 spiro atoms. The number of ether oxygens (including phenoxy) is 1. The van der Waals surface area contributed by atoms with Crippen molar-refractivity contribution in [2.24, 2.45) is 10.7 Å². The van der Waals surface area contributed by atoms with E-state index in [9.17, 15) is 10.1 Å². The smallest absolute Gasteiger partial charge is 0.269 e. The Labute approximate surface area is 130 Å². The van der Waals surface area contributed by atoms with Crippen molar-refractivity contribution in [3.05, 3.63) is 39.9 Å². The lowest BCUT2D eigenvalue weighted by molar-refractivity contribution is -0.384. The minimum Gasteiger partial charge on any atom is -0.383 e. The van der Waals surface area contributed by atoms with Crippen LogP contribution in [0, 0.1) is 10.1 Å². The fourth-order valence-electron chi connectivity index (χ4n) is 2.01. The third-order valence-electron chi connectivity index (χ3n) is 3.11. The van der Waals surface area contributed by atoms with Crippen LogP contribution >= 0.6 is 0 Å². The lowest BCUT2D eigenvalue weighted by Gasteiger charge is -2.12. The maximum absolute atomic E-state index is 10.6. The van der Waals surface area contributed by atoms with Crippen molar-refractivity contribution in [1.82, 2.24) is 5.32 Å². The summed E-state index contributed by atoms with van der Waals surface area (Å²) in [6.07, 6.45) is 2.75. The van der Waals surface area contributed by atoms with E-state index < -0.39 is 4.92 Å². The molecule has 0 aliphatic carbocycles. The van der Waals surface area contributed by atoms with Crippen LogP contribution in [0.4, 0.5) is 5.69 Å². The van der Waals surface area contributed by atoms with E-state index in [1.54, 1.807) is 19.2 Å². The van der Waals surface area contributed by atoms with Crippen LogP contribution in [0.25, 0.3) is 0 Å². The highest BCUT2D eigenvalue weighted by Gasteiger charge is 2.04. The summed E-state index contributed by atoms with van der Waals surface area (Å²) in [5.74, 6) is 0.430. The second-order valence-corrected chi connectivity index (χ2v) is 5.15. The van der Waals surface area contributed by atoms with Gasteiger partial charge in [-0.15, -0.1) is 0 Å². The molecule has 7 heteroatoms. The minimum atomic E-state index is -0.390. The molecule has 122 valence electrons. The molecule has 0 saturated carbocycles. The second-order valence-electron chi connectivity index (χ2n) is 5.15. The second kappa shape index (κ2) is 9.73. The summed E-state index contributed by atoms with van der Waals surface area (Å²) in [4.78, 5) is 14.4. The van der Waals surface area contributed by atoms with Crippen LogP contribution in [0.3, 0.4) is 0 Å². The number of unbranched alkanes of at least 4 members (excludes halogenated alkanes) is 1. The quantitative estimate of drug-likeness (QED) is 0.238. The number of non-ortho nitro benzene ring substituents is 1. The van der Waals surface area contributed by atoms with Crippen molar-refractivity contribution >= 4 is 11.6 Å². The molecular formula is C15H24N4O3. The Morgan fingerprint density at radius 1 is 1.41 bits per heavy atom. The van der Waals surface area contributed by atoms with Gasteiger partial charge in [0.15, 0.2) is 5.96 Å². The summed E-state index contributed by atoms with van der Waals surface area (Å²) in [7, 11) is 1.64. The number of benzene rings is 1. The topological polar surface area (TPSA) is 103 Å². The maximum Gasteiger partial charge on any atom is 0.269 e. The predicted octanol–water partition coefficient (Wildman–Crippen LogP) is 1.86. The Hall–Kier alpha value is -2.15. The van der Waals surface area contributed by atoms with Crippen LogP contribution in [-0.2, 0) is 11.2 Å². The van der Waals surface area contributed by atoms with Crippen molar-refractivity contribution in [2.45, 2.75) is 32.2 Å². The zero-order valence-electron chi connectivity index (χ0n) is 13.1. The average Bonchev–Trinajstić information content (AvgIpc) is 2.47. The Bertz CT molecular complexity index is 488. The number of aryl methyl sites for hydroxylation is 1. The molecule has 0 saturated heterocycles. The highest BCUT2D eigenvalue weighted by Crippen LogP contribution is 2.13. The SMILES string of the molecule is COCC(C)NC(N)=NCCCCc1ccc([N+](=O)[O-])cc1. The number of methoxy groups -OCH3 is 1. The number of aliphatic imine (C=N–C) groups is 1. The summed E-state index contributed by atoms with van der Waals surface area (Å²) in [5, 5.41) is 13.6. The molecule has 1 aromatic carbocycles. The summed E-state index contributed by atoms with van der Waals surface area (Å²) in [6.45, 7) is 3.21. The zero-order chi connectivity index (χ0) is 16.4. The number of hydrogen-bond acceptors (Lipinski definition) is 4. The van der Waals surface area contributed by atoms with Gasteiger partial charge in [-0.3, -0.25) is 15.1 Å². The van der Waals surface area contributed by atoms with Gasteiger partial charge in [-0.1, -0.05) is 12.1 Å². The molecule has 0 bridgehead atoms. The van der Waals surface area contributed by atoms with Crippen LogP contribution in [-0.4, -0.2) is 37.2 Å². The van der Waals surface area contributed by atoms with E-state index in [-0.39, 0.29) is 11.7 Å². The number of nitro benzene ring substituents is 1. The van der Waals surface area contributed by atoms with Gasteiger partial charge in [-0.2, -0.15) is 0 Å². The van der Waals surface area contributed by atoms with E-state index in [0.29, 0.717) is 19.1 Å². The van der Waals surface area contributed by atoms with E-state index in [2.05, 4.69) is 10.3 Å². The standard InChI is InChI=1S/C15H24N4O3/c1-12(11-22-2)18-15(16)17-10-4-3-5-13-6-8-14(9-7-13)19(20)21/h6-9,12H,3-5,10-11H2,1-2H3,(H3,16,17,18). The Kier molecular flexibility index (Phi) is 7.91. The first kappa shape index (κ1) is 17.9. The lowest BCUT2D eigenvalue weighted by atomic mass is 10.1. The summed E-state index contributed by atoms with van der Waals surface area (Å²) >= 11 is 0. The molecular weight excluding hydrogens is 284 g/mol. The fraction of sp³-hybridized carbons (Fsp3) is 0.533. The van der Waals surface area contributed by atoms with E-state index >= 15 is 0 Å². The largest absolute Gasteiger partial charge is 0.383 e. The van der Waals surface area contributed by atoms with E-state index in [4.69, 9.17) is 10.5 Å².